The third kappa shape index (κ3) is 7.15. The number of hydrogen-bond acceptors (Lipinski definition) is 4. The highest BCUT2D eigenvalue weighted by molar-refractivity contribution is 5.91. The number of methoxy groups -OCH3 is 1. The lowest BCUT2D eigenvalue weighted by atomic mass is 10.1. The Bertz CT molecular complexity index is 502. The van der Waals surface area contributed by atoms with Gasteiger partial charge in [-0.3, -0.25) is 9.59 Å². The molecule has 6 nitrogen and oxygen atoms in total. The van der Waals surface area contributed by atoms with E-state index in [1.807, 2.05) is 13.8 Å². The lowest BCUT2D eigenvalue weighted by Gasteiger charge is -2.19. The number of carboxylic acids is 1. The fraction of sp³-hybridized carbons (Fsp3) is 0.529. The van der Waals surface area contributed by atoms with Gasteiger partial charge >= 0.3 is 5.97 Å². The number of carbonyl (C=O) groups is 2. The fourth-order valence-corrected chi connectivity index (χ4v) is 2.25. The minimum Gasteiger partial charge on any atom is -0.497 e. The molecule has 1 rings (SSSR count). The highest BCUT2D eigenvalue weighted by Crippen LogP contribution is 2.15. The van der Waals surface area contributed by atoms with Crippen LogP contribution in [0, 0.1) is 0 Å². The Balaban J connectivity index is 2.46. The summed E-state index contributed by atoms with van der Waals surface area (Å²) in [6.45, 7) is 3.83. The van der Waals surface area contributed by atoms with E-state index in [2.05, 4.69) is 10.6 Å². The van der Waals surface area contributed by atoms with Crippen molar-refractivity contribution in [3.63, 3.8) is 0 Å². The molecule has 1 aromatic carbocycles. The molecule has 3 N–H and O–H groups in total. The quantitative estimate of drug-likeness (QED) is 0.616. The van der Waals surface area contributed by atoms with Crippen LogP contribution in [0.25, 0.3) is 0 Å². The Morgan fingerprint density at radius 3 is 2.43 bits per heavy atom. The van der Waals surface area contributed by atoms with E-state index in [-0.39, 0.29) is 18.4 Å². The van der Waals surface area contributed by atoms with Gasteiger partial charge in [-0.05, 0) is 37.6 Å². The Morgan fingerprint density at radius 1 is 1.26 bits per heavy atom. The second kappa shape index (κ2) is 9.84. The molecule has 0 radical (unpaired) electrons. The first-order chi connectivity index (χ1) is 11.0. The zero-order valence-electron chi connectivity index (χ0n) is 14.0. The number of carbonyl (C=O) groups excluding carboxylic acids is 1. The van der Waals surface area contributed by atoms with Crippen LogP contribution in [0.2, 0.25) is 0 Å². The number of hydrogen-bond donors (Lipinski definition) is 3. The molecule has 0 saturated carbocycles. The van der Waals surface area contributed by atoms with Crippen molar-refractivity contribution < 1.29 is 19.4 Å². The summed E-state index contributed by atoms with van der Waals surface area (Å²) in [7, 11) is 1.58. The zero-order valence-corrected chi connectivity index (χ0v) is 14.0. The first kappa shape index (κ1) is 19.0. The van der Waals surface area contributed by atoms with Crippen molar-refractivity contribution >= 4 is 17.6 Å². The maximum Gasteiger partial charge on any atom is 0.320 e. The van der Waals surface area contributed by atoms with E-state index < -0.39 is 12.0 Å². The Hall–Kier alpha value is -2.08. The first-order valence-electron chi connectivity index (χ1n) is 7.89. The van der Waals surface area contributed by atoms with E-state index in [4.69, 9.17) is 4.74 Å². The largest absolute Gasteiger partial charge is 0.497 e. The number of unbranched alkanes of at least 4 members (excludes halogenated alkanes) is 1. The molecule has 0 heterocycles. The SMILES string of the molecule is CCCC[C@H](NC(C)CC(=O)Nc1ccc(OC)cc1)C(=O)O. The van der Waals surface area contributed by atoms with Gasteiger partial charge in [0.25, 0.3) is 0 Å². The lowest BCUT2D eigenvalue weighted by Crippen LogP contribution is -2.43. The minimum atomic E-state index is -0.874. The molecule has 128 valence electrons. The van der Waals surface area contributed by atoms with Crippen LogP contribution in [0.4, 0.5) is 5.69 Å². The standard InChI is InChI=1S/C17H26N2O4/c1-4-5-6-15(17(21)22)18-12(2)11-16(20)19-13-7-9-14(23-3)10-8-13/h7-10,12,15,18H,4-6,11H2,1-3H3,(H,19,20)(H,21,22)/t12?,15-/m0/s1. The summed E-state index contributed by atoms with van der Waals surface area (Å²) >= 11 is 0. The Morgan fingerprint density at radius 2 is 1.91 bits per heavy atom. The van der Waals surface area contributed by atoms with Gasteiger partial charge in [-0.2, -0.15) is 0 Å². The smallest absolute Gasteiger partial charge is 0.320 e. The predicted octanol–water partition coefficient (Wildman–Crippen LogP) is 2.65. The van der Waals surface area contributed by atoms with Crippen molar-refractivity contribution in [3.05, 3.63) is 24.3 Å². The van der Waals surface area contributed by atoms with Gasteiger partial charge in [-0.1, -0.05) is 19.8 Å². The fourth-order valence-electron chi connectivity index (χ4n) is 2.25. The number of amides is 1. The number of aliphatic carboxylic acids is 1. The number of carboxylic acid groups (broad SMARTS) is 1. The molecule has 23 heavy (non-hydrogen) atoms. The average Bonchev–Trinajstić information content (AvgIpc) is 2.51. The summed E-state index contributed by atoms with van der Waals surface area (Å²) in [6, 6.07) is 6.22. The van der Waals surface area contributed by atoms with E-state index in [1.165, 1.54) is 0 Å². The molecule has 0 spiro atoms. The van der Waals surface area contributed by atoms with Crippen molar-refractivity contribution in [1.29, 1.82) is 0 Å². The maximum absolute atomic E-state index is 12.0. The Labute approximate surface area is 137 Å². The second-order valence-corrected chi connectivity index (χ2v) is 5.58. The van der Waals surface area contributed by atoms with Crippen LogP contribution in [0.5, 0.6) is 5.75 Å². The van der Waals surface area contributed by atoms with Gasteiger partial charge in [0.2, 0.25) is 5.91 Å². The summed E-state index contributed by atoms with van der Waals surface area (Å²) in [5.41, 5.74) is 0.684. The molecule has 0 aliphatic heterocycles. The molecule has 0 aliphatic rings. The van der Waals surface area contributed by atoms with Gasteiger partial charge in [0, 0.05) is 18.2 Å². The van der Waals surface area contributed by atoms with E-state index in [0.717, 1.165) is 18.6 Å². The lowest BCUT2D eigenvalue weighted by molar-refractivity contribution is -0.140. The van der Waals surface area contributed by atoms with E-state index in [0.29, 0.717) is 12.1 Å². The molecular formula is C17H26N2O4. The van der Waals surface area contributed by atoms with Crippen LogP contribution in [0.3, 0.4) is 0 Å². The van der Waals surface area contributed by atoms with Crippen molar-refractivity contribution in [2.24, 2.45) is 0 Å². The predicted molar refractivity (Wildman–Crippen MR) is 89.8 cm³/mol. The second-order valence-electron chi connectivity index (χ2n) is 5.58. The van der Waals surface area contributed by atoms with E-state index in [1.54, 1.807) is 31.4 Å². The normalized spacial score (nSPS) is 13.2. The monoisotopic (exact) mass is 322 g/mol. The summed E-state index contributed by atoms with van der Waals surface area (Å²) in [5, 5.41) is 15.0. The number of benzene rings is 1. The van der Waals surface area contributed by atoms with Gasteiger partial charge in [-0.25, -0.2) is 0 Å². The van der Waals surface area contributed by atoms with E-state index in [9.17, 15) is 14.7 Å². The van der Waals surface area contributed by atoms with Crippen molar-refractivity contribution in [3.8, 4) is 5.75 Å². The molecule has 1 unspecified atom stereocenters. The number of ether oxygens (including phenoxy) is 1. The van der Waals surface area contributed by atoms with Gasteiger partial charge in [0.15, 0.2) is 0 Å². The highest BCUT2D eigenvalue weighted by Gasteiger charge is 2.20. The van der Waals surface area contributed by atoms with Crippen LogP contribution < -0.4 is 15.4 Å². The van der Waals surface area contributed by atoms with Crippen LogP contribution in [-0.2, 0) is 9.59 Å². The van der Waals surface area contributed by atoms with Crippen LogP contribution in [0.1, 0.15) is 39.5 Å². The average molecular weight is 322 g/mol. The zero-order chi connectivity index (χ0) is 17.2. The molecule has 0 aromatic heterocycles. The molecule has 0 aliphatic carbocycles. The van der Waals surface area contributed by atoms with Gasteiger partial charge in [-0.15, -0.1) is 0 Å². The highest BCUT2D eigenvalue weighted by atomic mass is 16.5. The summed E-state index contributed by atoms with van der Waals surface area (Å²) < 4.78 is 5.06. The van der Waals surface area contributed by atoms with Crippen molar-refractivity contribution in [2.75, 3.05) is 12.4 Å². The van der Waals surface area contributed by atoms with Gasteiger partial charge in [0.05, 0.1) is 7.11 Å². The first-order valence-corrected chi connectivity index (χ1v) is 7.89. The summed E-state index contributed by atoms with van der Waals surface area (Å²) in [6.07, 6.45) is 2.56. The molecule has 0 saturated heterocycles. The molecule has 1 aromatic rings. The number of anilines is 1. The summed E-state index contributed by atoms with van der Waals surface area (Å²) in [4.78, 5) is 23.2. The molecule has 2 atom stereocenters. The maximum atomic E-state index is 12.0. The molecule has 1 amide bonds. The molecule has 0 fully saturated rings. The molecule has 6 heteroatoms. The van der Waals surface area contributed by atoms with Crippen molar-refractivity contribution in [2.45, 2.75) is 51.6 Å². The third-order valence-corrected chi connectivity index (χ3v) is 3.50. The topological polar surface area (TPSA) is 87.7 Å². The van der Waals surface area contributed by atoms with Crippen LogP contribution in [0.15, 0.2) is 24.3 Å². The summed E-state index contributed by atoms with van der Waals surface area (Å²) in [5.74, 6) is -0.311. The van der Waals surface area contributed by atoms with Crippen LogP contribution >= 0.6 is 0 Å². The van der Waals surface area contributed by atoms with Crippen LogP contribution in [-0.4, -0.2) is 36.2 Å². The number of rotatable bonds is 10. The third-order valence-electron chi connectivity index (χ3n) is 3.50. The van der Waals surface area contributed by atoms with Crippen molar-refractivity contribution in [1.82, 2.24) is 5.32 Å². The number of nitrogens with one attached hydrogen (secondary N) is 2. The molecular weight excluding hydrogens is 296 g/mol. The van der Waals surface area contributed by atoms with E-state index >= 15 is 0 Å². The van der Waals surface area contributed by atoms with Gasteiger partial charge in [0.1, 0.15) is 11.8 Å². The molecule has 0 bridgehead atoms. The minimum absolute atomic E-state index is 0.158. The Kier molecular flexibility index (Phi) is 8.11. The van der Waals surface area contributed by atoms with Gasteiger partial charge < -0.3 is 20.5 Å².